The van der Waals surface area contributed by atoms with Crippen LogP contribution < -0.4 is 5.43 Å². The molecule has 0 aliphatic carbocycles. The van der Waals surface area contributed by atoms with E-state index < -0.39 is 11.6 Å². The second-order valence-electron chi connectivity index (χ2n) is 3.80. The molecule has 4 heteroatoms. The first-order valence-corrected chi connectivity index (χ1v) is 5.47. The zero-order valence-corrected chi connectivity index (χ0v) is 9.82. The summed E-state index contributed by atoms with van der Waals surface area (Å²) in [4.78, 5) is 0. The van der Waals surface area contributed by atoms with Crippen LogP contribution >= 0.6 is 0 Å². The van der Waals surface area contributed by atoms with E-state index in [9.17, 15) is 8.78 Å². The Balaban J connectivity index is 2.15. The SMILES string of the molecule is CC(=NNc1ccccc1)c1ccc(F)c(F)c1. The van der Waals surface area contributed by atoms with Crippen molar-refractivity contribution in [2.45, 2.75) is 6.92 Å². The number of benzene rings is 2. The molecular formula is C14H12F2N2. The average molecular weight is 246 g/mol. The largest absolute Gasteiger partial charge is 0.278 e. The molecule has 0 saturated carbocycles. The highest BCUT2D eigenvalue weighted by molar-refractivity contribution is 5.99. The van der Waals surface area contributed by atoms with Crippen LogP contribution in [0.25, 0.3) is 0 Å². The lowest BCUT2D eigenvalue weighted by Gasteiger charge is -2.04. The molecule has 0 atom stereocenters. The predicted molar refractivity (Wildman–Crippen MR) is 68.6 cm³/mol. The van der Waals surface area contributed by atoms with Gasteiger partial charge in [-0.15, -0.1) is 0 Å². The van der Waals surface area contributed by atoms with Gasteiger partial charge in [-0.2, -0.15) is 5.10 Å². The summed E-state index contributed by atoms with van der Waals surface area (Å²) in [5.41, 5.74) is 4.80. The first kappa shape index (κ1) is 12.2. The van der Waals surface area contributed by atoms with Crippen LogP contribution in [-0.2, 0) is 0 Å². The Bertz CT molecular complexity index is 565. The molecule has 0 aliphatic heterocycles. The number of anilines is 1. The molecule has 2 rings (SSSR count). The number of nitrogens with one attached hydrogen (secondary N) is 1. The molecule has 0 fully saturated rings. The van der Waals surface area contributed by atoms with Gasteiger partial charge in [-0.3, -0.25) is 5.43 Å². The molecule has 0 saturated heterocycles. The van der Waals surface area contributed by atoms with Gasteiger partial charge in [-0.05, 0) is 37.3 Å². The molecule has 2 nitrogen and oxygen atoms in total. The molecular weight excluding hydrogens is 234 g/mol. The Hall–Kier alpha value is -2.23. The van der Waals surface area contributed by atoms with Crippen LogP contribution in [0, 0.1) is 11.6 Å². The molecule has 1 N–H and O–H groups in total. The molecule has 0 bridgehead atoms. The minimum absolute atomic E-state index is 0.539. The zero-order chi connectivity index (χ0) is 13.0. The Morgan fingerprint density at radius 1 is 1.00 bits per heavy atom. The van der Waals surface area contributed by atoms with E-state index in [2.05, 4.69) is 10.5 Å². The molecule has 0 heterocycles. The fourth-order valence-electron chi connectivity index (χ4n) is 1.45. The fraction of sp³-hybridized carbons (Fsp3) is 0.0714. The van der Waals surface area contributed by atoms with Crippen molar-refractivity contribution in [3.05, 3.63) is 65.7 Å². The first-order valence-electron chi connectivity index (χ1n) is 5.47. The van der Waals surface area contributed by atoms with Gasteiger partial charge in [0.2, 0.25) is 0 Å². The van der Waals surface area contributed by atoms with Crippen molar-refractivity contribution in [2.75, 3.05) is 5.43 Å². The highest BCUT2D eigenvalue weighted by Gasteiger charge is 2.04. The molecule has 0 amide bonds. The van der Waals surface area contributed by atoms with Crippen LogP contribution in [0.2, 0.25) is 0 Å². The minimum atomic E-state index is -0.873. The van der Waals surface area contributed by atoms with Gasteiger partial charge in [0.1, 0.15) is 0 Å². The normalized spacial score (nSPS) is 11.4. The maximum Gasteiger partial charge on any atom is 0.159 e. The van der Waals surface area contributed by atoms with Crippen LogP contribution in [0.15, 0.2) is 53.6 Å². The number of rotatable bonds is 3. The molecule has 0 radical (unpaired) electrons. The maximum absolute atomic E-state index is 13.1. The third-order valence-electron chi connectivity index (χ3n) is 2.46. The summed E-state index contributed by atoms with van der Waals surface area (Å²) in [5.74, 6) is -1.73. The van der Waals surface area contributed by atoms with Crippen LogP contribution in [0.3, 0.4) is 0 Å². The highest BCUT2D eigenvalue weighted by atomic mass is 19.2. The summed E-state index contributed by atoms with van der Waals surface area (Å²) in [7, 11) is 0. The third-order valence-corrected chi connectivity index (χ3v) is 2.46. The molecule has 0 aliphatic rings. The van der Waals surface area contributed by atoms with Crippen molar-refractivity contribution in [3.63, 3.8) is 0 Å². The maximum atomic E-state index is 13.1. The standard InChI is InChI=1S/C14H12F2N2/c1-10(11-7-8-13(15)14(16)9-11)17-18-12-5-3-2-4-6-12/h2-9,18H,1H3. The van der Waals surface area contributed by atoms with Crippen molar-refractivity contribution in [3.8, 4) is 0 Å². The first-order chi connectivity index (χ1) is 8.66. The number of hydrogen-bond donors (Lipinski definition) is 1. The topological polar surface area (TPSA) is 24.4 Å². The summed E-state index contributed by atoms with van der Waals surface area (Å²) >= 11 is 0. The number of halogens is 2. The van der Waals surface area contributed by atoms with Crippen molar-refractivity contribution in [2.24, 2.45) is 5.10 Å². The van der Waals surface area contributed by atoms with Gasteiger partial charge >= 0.3 is 0 Å². The molecule has 0 unspecified atom stereocenters. The highest BCUT2D eigenvalue weighted by Crippen LogP contribution is 2.10. The van der Waals surface area contributed by atoms with Crippen molar-refractivity contribution in [1.82, 2.24) is 0 Å². The second kappa shape index (κ2) is 5.40. The quantitative estimate of drug-likeness (QED) is 0.646. The second-order valence-corrected chi connectivity index (χ2v) is 3.80. The lowest BCUT2D eigenvalue weighted by Crippen LogP contribution is -2.01. The molecule has 2 aromatic carbocycles. The van der Waals surface area contributed by atoms with E-state index in [0.29, 0.717) is 11.3 Å². The summed E-state index contributed by atoms with van der Waals surface area (Å²) in [5, 5.41) is 4.11. The molecule has 0 aromatic heterocycles. The van der Waals surface area contributed by atoms with Gasteiger partial charge < -0.3 is 0 Å². The zero-order valence-electron chi connectivity index (χ0n) is 9.82. The van der Waals surface area contributed by atoms with E-state index in [1.54, 1.807) is 6.92 Å². The minimum Gasteiger partial charge on any atom is -0.278 e. The van der Waals surface area contributed by atoms with Gasteiger partial charge in [0, 0.05) is 5.56 Å². The van der Waals surface area contributed by atoms with E-state index >= 15 is 0 Å². The number of nitrogens with zero attached hydrogens (tertiary/aromatic N) is 1. The van der Waals surface area contributed by atoms with Crippen LogP contribution in [0.5, 0.6) is 0 Å². The fourth-order valence-corrected chi connectivity index (χ4v) is 1.45. The molecule has 92 valence electrons. The van der Waals surface area contributed by atoms with Gasteiger partial charge in [0.15, 0.2) is 11.6 Å². The Morgan fingerprint density at radius 3 is 2.39 bits per heavy atom. The van der Waals surface area contributed by atoms with E-state index in [-0.39, 0.29) is 0 Å². The molecule has 2 aromatic rings. The average Bonchev–Trinajstić information content (AvgIpc) is 2.40. The molecule has 0 spiro atoms. The van der Waals surface area contributed by atoms with E-state index in [4.69, 9.17) is 0 Å². The van der Waals surface area contributed by atoms with E-state index in [1.807, 2.05) is 30.3 Å². The van der Waals surface area contributed by atoms with E-state index in [0.717, 1.165) is 17.8 Å². The van der Waals surface area contributed by atoms with Gasteiger partial charge in [-0.25, -0.2) is 8.78 Å². The summed E-state index contributed by atoms with van der Waals surface area (Å²) in [6.45, 7) is 1.72. The van der Waals surface area contributed by atoms with Crippen molar-refractivity contribution in [1.29, 1.82) is 0 Å². The van der Waals surface area contributed by atoms with Gasteiger partial charge in [0.05, 0.1) is 11.4 Å². The van der Waals surface area contributed by atoms with Gasteiger partial charge in [-0.1, -0.05) is 18.2 Å². The van der Waals surface area contributed by atoms with Crippen molar-refractivity contribution < 1.29 is 8.78 Å². The lowest BCUT2D eigenvalue weighted by atomic mass is 10.1. The predicted octanol–water partition coefficient (Wildman–Crippen LogP) is 3.80. The summed E-state index contributed by atoms with van der Waals surface area (Å²) in [6.07, 6.45) is 0. The summed E-state index contributed by atoms with van der Waals surface area (Å²) < 4.78 is 25.8. The third kappa shape index (κ3) is 2.91. The smallest absolute Gasteiger partial charge is 0.159 e. The lowest BCUT2D eigenvalue weighted by molar-refractivity contribution is 0.508. The van der Waals surface area contributed by atoms with Crippen molar-refractivity contribution >= 4 is 11.4 Å². The number of para-hydroxylation sites is 1. The van der Waals surface area contributed by atoms with Crippen LogP contribution in [0.1, 0.15) is 12.5 Å². The Labute approximate surface area is 104 Å². The molecule has 18 heavy (non-hydrogen) atoms. The monoisotopic (exact) mass is 246 g/mol. The summed E-state index contributed by atoms with van der Waals surface area (Å²) in [6, 6.07) is 13.1. The van der Waals surface area contributed by atoms with E-state index in [1.165, 1.54) is 6.07 Å². The number of hydrazone groups is 1. The van der Waals surface area contributed by atoms with Crippen LogP contribution in [-0.4, -0.2) is 5.71 Å². The van der Waals surface area contributed by atoms with Crippen LogP contribution in [0.4, 0.5) is 14.5 Å². The Morgan fingerprint density at radius 2 is 1.72 bits per heavy atom. The Kier molecular flexibility index (Phi) is 3.67. The number of hydrogen-bond acceptors (Lipinski definition) is 2. The van der Waals surface area contributed by atoms with Gasteiger partial charge in [0.25, 0.3) is 0 Å².